The molecule has 19 atom stereocenters. The van der Waals surface area contributed by atoms with Gasteiger partial charge in [0.05, 0.1) is 61.0 Å². The first-order valence-corrected chi connectivity index (χ1v) is 23.3. The minimum Gasteiger partial charge on any atom is -0.381 e. The molecule has 8 bridgehead atoms. The van der Waals surface area contributed by atoms with Crippen LogP contribution in [0.4, 0.5) is 0 Å². The van der Waals surface area contributed by atoms with Crippen LogP contribution in [0.25, 0.3) is 0 Å². The summed E-state index contributed by atoms with van der Waals surface area (Å²) >= 11 is 0. The number of hydrogen-bond donors (Lipinski definition) is 0. The lowest BCUT2D eigenvalue weighted by Crippen LogP contribution is -2.46. The van der Waals surface area contributed by atoms with Gasteiger partial charge in [-0.2, -0.15) is 0 Å². The Bertz CT molecular complexity index is 1430. The van der Waals surface area contributed by atoms with Crippen molar-refractivity contribution in [2.45, 2.75) is 139 Å². The molecule has 9 aliphatic carbocycles. The molecule has 61 heavy (non-hydrogen) atoms. The fourth-order valence-electron chi connectivity index (χ4n) is 11.8. The Morgan fingerprint density at radius 2 is 0.770 bits per heavy atom. The molecule has 9 rings (SSSR count). The number of hydrogen-bond acceptors (Lipinski definition) is 10. The quantitative estimate of drug-likeness (QED) is 0.178. The average Bonchev–Trinajstić information content (AvgIpc) is 3.29. The van der Waals surface area contributed by atoms with Gasteiger partial charge in [-0.05, 0) is 64.2 Å². The first-order chi connectivity index (χ1) is 29.5. The lowest BCUT2D eigenvalue weighted by molar-refractivity contribution is -0.0800. The third-order valence-corrected chi connectivity index (χ3v) is 15.7. The van der Waals surface area contributed by atoms with Crippen LogP contribution in [0.5, 0.6) is 0 Å². The molecule has 0 aliphatic heterocycles. The van der Waals surface area contributed by atoms with Gasteiger partial charge >= 0.3 is 0 Å². The first-order valence-electron chi connectivity index (χ1n) is 23.3. The zero-order valence-electron chi connectivity index (χ0n) is 39.8. The summed E-state index contributed by atoms with van der Waals surface area (Å²) in [4.78, 5) is 0. The van der Waals surface area contributed by atoms with E-state index in [1.54, 1.807) is 0 Å². The van der Waals surface area contributed by atoms with Gasteiger partial charge in [0, 0.05) is 124 Å². The van der Waals surface area contributed by atoms with E-state index in [4.69, 9.17) is 47.4 Å². The fourth-order valence-corrected chi connectivity index (χ4v) is 11.8. The van der Waals surface area contributed by atoms with Crippen molar-refractivity contribution < 1.29 is 47.4 Å². The summed E-state index contributed by atoms with van der Waals surface area (Å²) in [5, 5.41) is 0. The third-order valence-electron chi connectivity index (χ3n) is 15.7. The Morgan fingerprint density at radius 1 is 0.410 bits per heavy atom. The lowest BCUT2D eigenvalue weighted by atomic mass is 9.66. The lowest BCUT2D eigenvalue weighted by Gasteiger charge is -2.45. The van der Waals surface area contributed by atoms with Gasteiger partial charge in [-0.15, -0.1) is 0 Å². The van der Waals surface area contributed by atoms with Gasteiger partial charge in [0.1, 0.15) is 0 Å². The average molecular weight is 857 g/mol. The van der Waals surface area contributed by atoms with Crippen molar-refractivity contribution in [1.82, 2.24) is 0 Å². The Labute approximate surface area is 370 Å². The zero-order chi connectivity index (χ0) is 44.1. The van der Waals surface area contributed by atoms with Gasteiger partial charge in [-0.1, -0.05) is 74.6 Å². The summed E-state index contributed by atoms with van der Waals surface area (Å²) in [5.41, 5.74) is -0.218. The second kappa shape index (κ2) is 24.6. The largest absolute Gasteiger partial charge is 0.381 e. The summed E-state index contributed by atoms with van der Waals surface area (Å²) in [6.45, 7) is 4.51. The van der Waals surface area contributed by atoms with Crippen LogP contribution in [-0.4, -0.2) is 132 Å². The summed E-state index contributed by atoms with van der Waals surface area (Å²) in [6, 6.07) is 0. The highest BCUT2D eigenvalue weighted by atomic mass is 16.5. The molecule has 0 amide bonds. The molecule has 10 nitrogen and oxygen atoms in total. The molecule has 0 heterocycles. The molecular weight excluding hydrogens is 773 g/mol. The number of ether oxygens (including phenoxy) is 10. The molecule has 4 fully saturated rings. The summed E-state index contributed by atoms with van der Waals surface area (Å²) in [6.07, 6.45) is 32.7. The van der Waals surface area contributed by atoms with Crippen LogP contribution in [0.15, 0.2) is 60.8 Å². The van der Waals surface area contributed by atoms with Gasteiger partial charge < -0.3 is 47.4 Å². The van der Waals surface area contributed by atoms with Crippen LogP contribution in [0.3, 0.4) is 0 Å². The van der Waals surface area contributed by atoms with E-state index in [-0.39, 0.29) is 114 Å². The van der Waals surface area contributed by atoms with Crippen LogP contribution in [0, 0.1) is 52.8 Å². The van der Waals surface area contributed by atoms with Gasteiger partial charge in [-0.3, -0.25) is 0 Å². The molecule has 9 aliphatic rings. The van der Waals surface area contributed by atoms with Crippen molar-refractivity contribution in [2.75, 3.05) is 71.1 Å². The molecule has 0 spiro atoms. The third kappa shape index (κ3) is 12.6. The molecule has 0 aromatic carbocycles. The maximum Gasteiger partial charge on any atom is 0.0758 e. The Morgan fingerprint density at radius 3 is 1.11 bits per heavy atom. The summed E-state index contributed by atoms with van der Waals surface area (Å²) in [5.74, 6) is 1.67. The van der Waals surface area contributed by atoms with Crippen molar-refractivity contribution in [2.24, 2.45) is 52.8 Å². The van der Waals surface area contributed by atoms with E-state index in [9.17, 15) is 0 Å². The highest BCUT2D eigenvalue weighted by Gasteiger charge is 2.45. The van der Waals surface area contributed by atoms with E-state index < -0.39 is 0 Å². The Balaban J connectivity index is 1.51. The normalized spacial score (nSPS) is 45.7. The molecule has 4 saturated carbocycles. The number of rotatable bonds is 12. The summed E-state index contributed by atoms with van der Waals surface area (Å²) < 4.78 is 62.2. The molecule has 348 valence electrons. The van der Waals surface area contributed by atoms with Crippen LogP contribution in [0.2, 0.25) is 0 Å². The monoisotopic (exact) mass is 857 g/mol. The van der Waals surface area contributed by atoms with E-state index in [1.165, 1.54) is 0 Å². The highest BCUT2D eigenvalue weighted by molar-refractivity contribution is 5.15. The maximum atomic E-state index is 6.30. The molecule has 0 N–H and O–H groups in total. The van der Waals surface area contributed by atoms with E-state index in [0.717, 1.165) is 64.2 Å². The van der Waals surface area contributed by atoms with Crippen molar-refractivity contribution in [3.05, 3.63) is 60.8 Å². The second-order valence-corrected chi connectivity index (χ2v) is 18.9. The van der Waals surface area contributed by atoms with Gasteiger partial charge in [0.15, 0.2) is 0 Å². The molecule has 10 heteroatoms. The van der Waals surface area contributed by atoms with Crippen LogP contribution < -0.4 is 0 Å². The minimum atomic E-state index is -0.218. The van der Waals surface area contributed by atoms with E-state index in [2.05, 4.69) is 74.6 Å². The SMILES string of the molecule is CCC(OC)[C@H]1/C=C\[C@H]2CC(OC)[C@@H](/C=C\[C@H]3CC(OC)C(/C=C\[C@H]4CC(OC)[C@@H](/C=C\[C@]5(C)CC(OC)[C@H](/C=C\C(OC)C1)CC5OC)CC4OC)CC3OC)CC2OC. The van der Waals surface area contributed by atoms with Gasteiger partial charge in [-0.25, -0.2) is 0 Å². The zero-order valence-corrected chi connectivity index (χ0v) is 39.8. The number of fused-ring (bicyclic) bond motifs is 4. The maximum absolute atomic E-state index is 6.30. The van der Waals surface area contributed by atoms with Crippen molar-refractivity contribution in [3.8, 4) is 0 Å². The predicted octanol–water partition coefficient (Wildman–Crippen LogP) is 8.84. The number of methoxy groups -OCH3 is 10. The van der Waals surface area contributed by atoms with E-state index >= 15 is 0 Å². The molecule has 0 radical (unpaired) electrons. The van der Waals surface area contributed by atoms with Crippen LogP contribution in [-0.2, 0) is 47.4 Å². The minimum absolute atomic E-state index is 0.0173. The summed E-state index contributed by atoms with van der Waals surface area (Å²) in [7, 11) is 18.4. The predicted molar refractivity (Wildman–Crippen MR) is 242 cm³/mol. The van der Waals surface area contributed by atoms with Gasteiger partial charge in [0.2, 0.25) is 0 Å². The first kappa shape index (κ1) is 50.3. The van der Waals surface area contributed by atoms with Crippen molar-refractivity contribution in [1.29, 1.82) is 0 Å². The van der Waals surface area contributed by atoms with Gasteiger partial charge in [0.25, 0.3) is 0 Å². The Hall–Kier alpha value is -1.70. The fraction of sp³-hybridized carbons (Fsp3) is 0.804. The van der Waals surface area contributed by atoms with E-state index in [0.29, 0.717) is 0 Å². The molecule has 0 aromatic heterocycles. The van der Waals surface area contributed by atoms with E-state index in [1.807, 2.05) is 71.1 Å². The van der Waals surface area contributed by atoms with Crippen molar-refractivity contribution in [3.63, 3.8) is 0 Å². The standard InChI is InChI=1S/C51H84O10/c1-13-42(53-4)33-14-15-34-25-44(55-6)35(26-43(34)54-5)16-17-36-27-46(57-8)37(28-45(36)56-7)18-19-38-29-48(59-10)40(30-47(38)58-9)22-23-51(2)32-49(60-11)39(31-50(51)61-12)20-21-41(24-33)52-3/h14-23,33-50H,13,24-32H2,1-12H3/b15-14-,17-16-,19-18-,21-20-,23-22-/t33-,34-,35-,36-,37?,38-,39+,40-,41?,42?,43?,44?,45?,46?,47?,48?,49?,50?,51+/m0/s1. The molecule has 11 unspecified atom stereocenters. The van der Waals surface area contributed by atoms with Crippen molar-refractivity contribution >= 4 is 0 Å². The molecule has 0 saturated heterocycles. The second-order valence-electron chi connectivity index (χ2n) is 18.9. The highest BCUT2D eigenvalue weighted by Crippen LogP contribution is 2.45. The molecular formula is C51H84O10. The Kier molecular flexibility index (Phi) is 20.2. The van der Waals surface area contributed by atoms with Crippen LogP contribution in [0.1, 0.15) is 78.1 Å². The smallest absolute Gasteiger partial charge is 0.0758 e. The van der Waals surface area contributed by atoms with Crippen LogP contribution >= 0.6 is 0 Å². The molecule has 0 aromatic rings. The topological polar surface area (TPSA) is 92.3 Å².